The molecule has 0 aromatic heterocycles. The minimum absolute atomic E-state index is 0.396. The topological polar surface area (TPSA) is 12.5 Å². The monoisotopic (exact) mass is 315 g/mol. The van der Waals surface area contributed by atoms with Gasteiger partial charge in [0.15, 0.2) is 0 Å². The van der Waals surface area contributed by atoms with Crippen LogP contribution in [0.5, 0.6) is 0 Å². The van der Waals surface area contributed by atoms with E-state index in [1.807, 2.05) is 0 Å². The van der Waals surface area contributed by atoms with Gasteiger partial charge in [-0.15, -0.1) is 0 Å². The van der Waals surface area contributed by atoms with E-state index in [4.69, 9.17) is 16.3 Å². The number of alkyl halides is 1. The van der Waals surface area contributed by atoms with Crippen molar-refractivity contribution in [2.24, 2.45) is 0 Å². The molecule has 0 aromatic carbocycles. The van der Waals surface area contributed by atoms with Crippen molar-refractivity contribution in [1.29, 1.82) is 0 Å². The van der Waals surface area contributed by atoms with E-state index in [1.165, 1.54) is 25.1 Å². The minimum atomic E-state index is 0.396. The van der Waals surface area contributed by atoms with Crippen LogP contribution in [-0.4, -0.2) is 40.8 Å². The molecule has 0 saturated carbocycles. The van der Waals surface area contributed by atoms with Crippen LogP contribution in [0.1, 0.15) is 6.42 Å². The first-order valence-corrected chi connectivity index (χ1v) is 4.67. The Morgan fingerprint density at radius 2 is 2.57 bits per heavy atom. The van der Waals surface area contributed by atoms with Gasteiger partial charge in [0.05, 0.1) is 0 Å². The molecule has 0 amide bonds. The van der Waals surface area contributed by atoms with Gasteiger partial charge < -0.3 is 0 Å². The molecule has 0 N–H and O–H groups in total. The van der Waals surface area contributed by atoms with Crippen molar-refractivity contribution in [3.05, 3.63) is 0 Å². The molecule has 1 nitrogen and oxygen atoms in total. The van der Waals surface area contributed by atoms with Gasteiger partial charge in [0, 0.05) is 0 Å². The molecule has 0 aromatic rings. The van der Waals surface area contributed by atoms with Crippen LogP contribution < -0.4 is 0 Å². The summed E-state index contributed by atoms with van der Waals surface area (Å²) in [5.74, 6) is 0. The van der Waals surface area contributed by atoms with Crippen molar-refractivity contribution in [2.45, 2.75) is 15.6 Å². The van der Waals surface area contributed by atoms with Crippen molar-refractivity contribution >= 4 is 36.7 Å². The Morgan fingerprint density at radius 1 is 2.00 bits per heavy atom. The Bertz CT molecular complexity index is 62.7. The van der Waals surface area contributed by atoms with Crippen LogP contribution in [0.4, 0.5) is 0 Å². The number of rotatable bonds is 2. The number of hydrogen-bond acceptors (Lipinski definition) is 1. The van der Waals surface area contributed by atoms with Crippen molar-refractivity contribution < 1.29 is 4.74 Å². The molecule has 3 heteroatoms. The number of hydrogen-bond donors (Lipinski definition) is 0. The molecule has 1 aliphatic rings. The Hall–Kier alpha value is 1.15. The first kappa shape index (κ1) is 6.27. The van der Waals surface area contributed by atoms with E-state index in [2.05, 4.69) is 0 Å². The Balaban J connectivity index is 1.97. The van der Waals surface area contributed by atoms with Crippen LogP contribution >= 0.6 is 11.6 Å². The predicted molar refractivity (Wildman–Crippen MR) is 31.1 cm³/mol. The second-order valence-corrected chi connectivity index (χ2v) is 5.83. The predicted octanol–water partition coefficient (Wildman–Crippen LogP) is 0.241. The molecule has 0 spiro atoms. The van der Waals surface area contributed by atoms with Crippen LogP contribution in [0.15, 0.2) is 0 Å². The fraction of sp³-hybridized carbons (Fsp3) is 1.00. The first-order valence-electron chi connectivity index (χ1n) is 2.23. The molecule has 1 rings (SSSR count). The summed E-state index contributed by atoms with van der Waals surface area (Å²) >= 11 is 6.95. The van der Waals surface area contributed by atoms with Gasteiger partial charge in [0.25, 0.3) is 0 Å². The Kier molecular flexibility index (Phi) is 2.35. The van der Waals surface area contributed by atoms with Gasteiger partial charge in [-0.05, 0) is 0 Å². The third-order valence-corrected chi connectivity index (χ3v) is 1.86. The average Bonchev–Trinajstić information content (AvgIpc) is 2.17. The zero-order valence-corrected chi connectivity index (χ0v) is 8.04. The molecule has 0 radical (unpaired) electrons. The molecule has 1 fully saturated rings. The summed E-state index contributed by atoms with van der Waals surface area (Å²) in [7, 11) is 0. The van der Waals surface area contributed by atoms with Crippen molar-refractivity contribution in [3.63, 3.8) is 0 Å². The molecule has 7 heavy (non-hydrogen) atoms. The Morgan fingerprint density at radius 3 is 2.71 bits per heavy atom. The van der Waals surface area contributed by atoms with E-state index in [1.54, 1.807) is 0 Å². The van der Waals surface area contributed by atoms with Crippen molar-refractivity contribution in [3.8, 4) is 0 Å². The molecule has 2 unspecified atom stereocenters. The Labute approximate surface area is 63.5 Å². The fourth-order valence-corrected chi connectivity index (χ4v) is 1.53. The van der Waals surface area contributed by atoms with E-state index in [0.717, 1.165) is 13.0 Å². The maximum absolute atomic E-state index is 5.68. The van der Waals surface area contributed by atoms with E-state index in [9.17, 15) is 0 Å². The van der Waals surface area contributed by atoms with Crippen LogP contribution in [0.25, 0.3) is 0 Å². The van der Waals surface area contributed by atoms with E-state index >= 15 is 0 Å². The third-order valence-electron chi connectivity index (χ3n) is 0.860. The standard InChI is InChI=1S/C4H6ClO.Po.H/c5-2-1-4-3-6-4;;/h2,4H,1,3H2;;. The normalized spacial score (nSPS) is 32.6. The van der Waals surface area contributed by atoms with Gasteiger partial charge in [-0.1, -0.05) is 0 Å². The molecule has 2 atom stereocenters. The zero-order chi connectivity index (χ0) is 5.28. The van der Waals surface area contributed by atoms with E-state index < -0.39 is 0 Å². The summed E-state index contributed by atoms with van der Waals surface area (Å²) in [5, 5.41) is 0. The molecule has 0 aliphatic carbocycles. The molecular weight excluding hydrogens is 308 g/mol. The molecule has 1 saturated heterocycles. The van der Waals surface area contributed by atoms with Gasteiger partial charge in [-0.2, -0.15) is 0 Å². The average molecular weight is 316 g/mol. The summed E-state index contributed by atoms with van der Waals surface area (Å²) in [6.45, 7) is 0.945. The van der Waals surface area contributed by atoms with Gasteiger partial charge in [0.2, 0.25) is 0 Å². The second kappa shape index (κ2) is 2.62. The van der Waals surface area contributed by atoms with E-state index in [-0.39, 0.29) is 0 Å². The maximum atomic E-state index is 5.68. The molecular formula is C4H7ClOPo. The summed E-state index contributed by atoms with van der Waals surface area (Å²) < 4.78 is 5.35. The number of halogens is 1. The van der Waals surface area contributed by atoms with Crippen LogP contribution in [0, 0.1) is 0 Å². The fourth-order valence-electron chi connectivity index (χ4n) is 0.421. The quantitative estimate of drug-likeness (QED) is 0.525. The molecule has 0 bridgehead atoms. The summed E-state index contributed by atoms with van der Waals surface area (Å²) in [6, 6.07) is 0. The van der Waals surface area contributed by atoms with Gasteiger partial charge >= 0.3 is 63.6 Å². The van der Waals surface area contributed by atoms with E-state index in [0.29, 0.717) is 9.14 Å². The third kappa shape index (κ3) is 2.85. The van der Waals surface area contributed by atoms with Crippen LogP contribution in [0.2, 0.25) is 0 Å². The first-order chi connectivity index (χ1) is 3.29. The molecule has 1 heterocycles. The molecule has 1 aliphatic heterocycles. The van der Waals surface area contributed by atoms with Gasteiger partial charge in [-0.3, -0.25) is 0 Å². The van der Waals surface area contributed by atoms with Gasteiger partial charge in [-0.25, -0.2) is 0 Å². The number of ether oxygens (including phenoxy) is 1. The number of epoxide rings is 1. The molecule has 42 valence electrons. The van der Waals surface area contributed by atoms with Crippen LogP contribution in [-0.2, 0) is 4.74 Å². The van der Waals surface area contributed by atoms with Crippen molar-refractivity contribution in [1.82, 2.24) is 0 Å². The summed E-state index contributed by atoms with van der Waals surface area (Å²) in [6.07, 6.45) is 1.59. The van der Waals surface area contributed by atoms with Gasteiger partial charge in [0.1, 0.15) is 0 Å². The summed E-state index contributed by atoms with van der Waals surface area (Å²) in [5.41, 5.74) is 0. The SMILES string of the molecule is Cl[CH]([PoH])CC1CO1. The van der Waals surface area contributed by atoms with Crippen LogP contribution in [0.3, 0.4) is 0 Å². The van der Waals surface area contributed by atoms with Crippen molar-refractivity contribution in [2.75, 3.05) is 6.61 Å². The zero-order valence-electron chi connectivity index (χ0n) is 3.80. The summed E-state index contributed by atoms with van der Waals surface area (Å²) in [4.78, 5) is 0. The second-order valence-electron chi connectivity index (χ2n) is 1.63.